The number of carbonyl (C=O) groups is 1. The Labute approximate surface area is 167 Å². The smallest absolute Gasteiger partial charge is 0.390 e. The molecule has 0 radical (unpaired) electrons. The van der Waals surface area contributed by atoms with Crippen LogP contribution in [-0.2, 0) is 14.3 Å². The van der Waals surface area contributed by atoms with Crippen LogP contribution in [0.4, 0.5) is 13.2 Å². The van der Waals surface area contributed by atoms with E-state index >= 15 is 0 Å². The van der Waals surface area contributed by atoms with Crippen LogP contribution < -0.4 is 16.6 Å². The molecule has 3 atom stereocenters. The van der Waals surface area contributed by atoms with Gasteiger partial charge in [0.05, 0.1) is 38.4 Å². The maximum atomic E-state index is 12.1. The number of amides is 1. The fourth-order valence-corrected chi connectivity index (χ4v) is 2.51. The Morgan fingerprint density at radius 3 is 2.87 bits per heavy atom. The SMILES string of the molecule is N#CCCOC[C@H]1O[C@@H](n2cc(C#CCNC(=O)C(F)(F)F)c(=O)[nH]c2=O)C[C@@H]1O. The molecule has 1 aliphatic rings. The minimum Gasteiger partial charge on any atom is -0.390 e. The Balaban J connectivity index is 2.08. The van der Waals surface area contributed by atoms with Crippen LogP contribution in [0.15, 0.2) is 15.8 Å². The highest BCUT2D eigenvalue weighted by molar-refractivity contribution is 5.81. The van der Waals surface area contributed by atoms with E-state index in [0.717, 1.165) is 10.8 Å². The molecule has 1 saturated heterocycles. The van der Waals surface area contributed by atoms with E-state index in [1.807, 2.05) is 11.1 Å². The highest BCUT2D eigenvalue weighted by atomic mass is 19.4. The fourth-order valence-electron chi connectivity index (χ4n) is 2.51. The first-order chi connectivity index (χ1) is 14.1. The number of aromatic nitrogens is 2. The number of hydrogen-bond donors (Lipinski definition) is 3. The lowest BCUT2D eigenvalue weighted by molar-refractivity contribution is -0.173. The number of rotatable bonds is 6. The Morgan fingerprint density at radius 1 is 1.47 bits per heavy atom. The van der Waals surface area contributed by atoms with E-state index < -0.39 is 48.3 Å². The summed E-state index contributed by atoms with van der Waals surface area (Å²) in [5.41, 5.74) is -1.96. The molecule has 162 valence electrons. The van der Waals surface area contributed by atoms with Crippen molar-refractivity contribution in [3.8, 4) is 17.9 Å². The number of hydrogen-bond acceptors (Lipinski definition) is 7. The van der Waals surface area contributed by atoms with E-state index in [0.29, 0.717) is 0 Å². The van der Waals surface area contributed by atoms with Gasteiger partial charge in [-0.3, -0.25) is 19.1 Å². The summed E-state index contributed by atoms with van der Waals surface area (Å²) in [7, 11) is 0. The van der Waals surface area contributed by atoms with Crippen LogP contribution in [0.2, 0.25) is 0 Å². The Kier molecular flexibility index (Phi) is 7.77. The number of nitrogens with zero attached hydrogens (tertiary/aromatic N) is 2. The van der Waals surface area contributed by atoms with Gasteiger partial charge in [-0.15, -0.1) is 0 Å². The summed E-state index contributed by atoms with van der Waals surface area (Å²) < 4.78 is 48.1. The summed E-state index contributed by atoms with van der Waals surface area (Å²) in [5, 5.41) is 20.0. The fraction of sp³-hybridized carbons (Fsp3) is 0.529. The zero-order valence-electron chi connectivity index (χ0n) is 15.4. The van der Waals surface area contributed by atoms with E-state index in [-0.39, 0.29) is 31.6 Å². The first-order valence-corrected chi connectivity index (χ1v) is 8.61. The summed E-state index contributed by atoms with van der Waals surface area (Å²) in [6.45, 7) is -0.530. The van der Waals surface area contributed by atoms with Crippen molar-refractivity contribution in [2.45, 2.75) is 37.5 Å². The summed E-state index contributed by atoms with van der Waals surface area (Å²) in [6.07, 6.45) is -6.51. The first kappa shape index (κ1) is 23.2. The van der Waals surface area contributed by atoms with Crippen molar-refractivity contribution < 1.29 is 32.5 Å². The third-order valence-electron chi connectivity index (χ3n) is 3.94. The zero-order chi connectivity index (χ0) is 22.3. The van der Waals surface area contributed by atoms with Gasteiger partial charge in [0.15, 0.2) is 0 Å². The number of aromatic amines is 1. The first-order valence-electron chi connectivity index (χ1n) is 8.61. The van der Waals surface area contributed by atoms with Crippen molar-refractivity contribution in [1.82, 2.24) is 14.9 Å². The van der Waals surface area contributed by atoms with Gasteiger partial charge < -0.3 is 19.9 Å². The second kappa shape index (κ2) is 10.1. The number of nitriles is 1. The minimum atomic E-state index is -5.05. The molecule has 13 heteroatoms. The standard InChI is InChI=1S/C17H17F3N4O6/c18-17(19,20)15(27)22-5-1-3-10-8-24(16(28)23-14(10)26)13-7-11(25)12(30-13)9-29-6-2-4-21/h8,11-13,25H,2,5-7,9H2,(H,22,27)(H,23,26,28)/t11-,12+,13+/m0/s1. The highest BCUT2D eigenvalue weighted by Crippen LogP contribution is 2.27. The van der Waals surface area contributed by atoms with Crippen LogP contribution in [0.1, 0.15) is 24.6 Å². The van der Waals surface area contributed by atoms with Crippen molar-refractivity contribution in [3.05, 3.63) is 32.6 Å². The van der Waals surface area contributed by atoms with Gasteiger partial charge in [0.2, 0.25) is 0 Å². The molecule has 0 spiro atoms. The average Bonchev–Trinajstić information content (AvgIpc) is 3.03. The Morgan fingerprint density at radius 2 is 2.20 bits per heavy atom. The number of H-pyrrole nitrogens is 1. The molecule has 0 aliphatic carbocycles. The van der Waals surface area contributed by atoms with E-state index in [4.69, 9.17) is 14.7 Å². The normalized spacial score (nSPS) is 20.8. The maximum absolute atomic E-state index is 12.1. The van der Waals surface area contributed by atoms with Gasteiger partial charge in [0, 0.05) is 12.6 Å². The number of aliphatic hydroxyl groups is 1. The van der Waals surface area contributed by atoms with Gasteiger partial charge in [-0.2, -0.15) is 18.4 Å². The van der Waals surface area contributed by atoms with Crippen LogP contribution in [0, 0.1) is 23.2 Å². The Hall–Kier alpha value is -3.13. The maximum Gasteiger partial charge on any atom is 0.471 e. The number of nitrogens with one attached hydrogen (secondary N) is 2. The van der Waals surface area contributed by atoms with Crippen LogP contribution in [0.3, 0.4) is 0 Å². The molecule has 0 bridgehead atoms. The second-order valence-electron chi connectivity index (χ2n) is 6.11. The van der Waals surface area contributed by atoms with Crippen LogP contribution >= 0.6 is 0 Å². The van der Waals surface area contributed by atoms with Gasteiger partial charge in [-0.05, 0) is 0 Å². The molecule has 2 rings (SSSR count). The van der Waals surface area contributed by atoms with Crippen molar-refractivity contribution in [3.63, 3.8) is 0 Å². The molecule has 2 heterocycles. The number of alkyl halides is 3. The molecule has 1 amide bonds. The number of ether oxygens (including phenoxy) is 2. The second-order valence-corrected chi connectivity index (χ2v) is 6.11. The van der Waals surface area contributed by atoms with Crippen molar-refractivity contribution in [2.75, 3.05) is 19.8 Å². The van der Waals surface area contributed by atoms with E-state index in [2.05, 4.69) is 11.8 Å². The molecule has 1 fully saturated rings. The summed E-state index contributed by atoms with van der Waals surface area (Å²) >= 11 is 0. The zero-order valence-corrected chi connectivity index (χ0v) is 15.4. The third-order valence-corrected chi connectivity index (χ3v) is 3.94. The number of carbonyl (C=O) groups excluding carboxylic acids is 1. The van der Waals surface area contributed by atoms with Crippen molar-refractivity contribution in [1.29, 1.82) is 5.26 Å². The molecule has 10 nitrogen and oxygen atoms in total. The van der Waals surface area contributed by atoms with Crippen LogP contribution in [-0.4, -0.2) is 58.7 Å². The third kappa shape index (κ3) is 6.18. The lowest BCUT2D eigenvalue weighted by Gasteiger charge is -2.16. The quantitative estimate of drug-likeness (QED) is 0.393. The largest absolute Gasteiger partial charge is 0.471 e. The molecule has 1 aromatic rings. The highest BCUT2D eigenvalue weighted by Gasteiger charge is 2.38. The topological polar surface area (TPSA) is 146 Å². The number of aliphatic hydroxyl groups excluding tert-OH is 1. The van der Waals surface area contributed by atoms with Gasteiger partial charge in [-0.1, -0.05) is 11.8 Å². The van der Waals surface area contributed by atoms with E-state index in [1.165, 1.54) is 5.32 Å². The number of halogens is 3. The molecule has 1 aliphatic heterocycles. The summed E-state index contributed by atoms with van der Waals surface area (Å²) in [6, 6.07) is 1.89. The summed E-state index contributed by atoms with van der Waals surface area (Å²) in [5.74, 6) is 2.28. The van der Waals surface area contributed by atoms with Gasteiger partial charge in [-0.25, -0.2) is 4.79 Å². The molecule has 0 saturated carbocycles. The van der Waals surface area contributed by atoms with Gasteiger partial charge >= 0.3 is 17.8 Å². The molecule has 1 aromatic heterocycles. The molecular formula is C17H17F3N4O6. The van der Waals surface area contributed by atoms with E-state index in [1.54, 1.807) is 0 Å². The average molecular weight is 430 g/mol. The minimum absolute atomic E-state index is 0.00668. The molecule has 3 N–H and O–H groups in total. The monoisotopic (exact) mass is 430 g/mol. The van der Waals surface area contributed by atoms with Crippen LogP contribution in [0.5, 0.6) is 0 Å². The molecular weight excluding hydrogens is 413 g/mol. The lowest BCUT2D eigenvalue weighted by Crippen LogP contribution is -2.37. The van der Waals surface area contributed by atoms with Gasteiger partial charge in [0.1, 0.15) is 17.9 Å². The van der Waals surface area contributed by atoms with E-state index in [9.17, 15) is 32.7 Å². The molecule has 0 aromatic carbocycles. The lowest BCUT2D eigenvalue weighted by atomic mass is 10.2. The molecule has 30 heavy (non-hydrogen) atoms. The van der Waals surface area contributed by atoms with Gasteiger partial charge in [0.25, 0.3) is 5.56 Å². The predicted molar refractivity (Wildman–Crippen MR) is 92.8 cm³/mol. The van der Waals surface area contributed by atoms with Crippen molar-refractivity contribution >= 4 is 5.91 Å². The Bertz CT molecular complexity index is 985. The molecule has 0 unspecified atom stereocenters. The predicted octanol–water partition coefficient (Wildman–Crippen LogP) is -0.855. The van der Waals surface area contributed by atoms with Crippen molar-refractivity contribution in [2.24, 2.45) is 0 Å². The van der Waals surface area contributed by atoms with Crippen LogP contribution in [0.25, 0.3) is 0 Å². The summed E-state index contributed by atoms with van der Waals surface area (Å²) in [4.78, 5) is 36.6.